The summed E-state index contributed by atoms with van der Waals surface area (Å²) in [6.07, 6.45) is -1.77. The van der Waals surface area contributed by atoms with Gasteiger partial charge < -0.3 is 9.47 Å². The second-order valence-electron chi connectivity index (χ2n) is 4.68. The van der Waals surface area contributed by atoms with Crippen molar-refractivity contribution in [3.8, 4) is 0 Å². The van der Waals surface area contributed by atoms with E-state index in [2.05, 4.69) is 4.74 Å². The monoisotopic (exact) mass is 229 g/mol. The van der Waals surface area contributed by atoms with Gasteiger partial charge in [0.1, 0.15) is 5.60 Å². The van der Waals surface area contributed by atoms with Crippen LogP contribution in [0, 0.1) is 5.92 Å². The minimum absolute atomic E-state index is 0.00736. The fourth-order valence-corrected chi connectivity index (χ4v) is 1.13. The summed E-state index contributed by atoms with van der Waals surface area (Å²) in [4.78, 5) is 34.7. The molecule has 0 aromatic carbocycles. The molecule has 0 bridgehead atoms. The molecule has 6 heteroatoms. The lowest BCUT2D eigenvalue weighted by Crippen LogP contribution is -2.49. The molecule has 0 aromatic rings. The summed E-state index contributed by atoms with van der Waals surface area (Å²) in [7, 11) is 0. The fraction of sp³-hybridized carbons (Fsp3) is 0.700. The van der Waals surface area contributed by atoms with Gasteiger partial charge in [-0.3, -0.25) is 4.79 Å². The first-order valence-corrected chi connectivity index (χ1v) is 4.97. The maximum Gasteiger partial charge on any atom is 0.427 e. The van der Waals surface area contributed by atoms with Crippen molar-refractivity contribution in [2.45, 2.75) is 33.3 Å². The summed E-state index contributed by atoms with van der Waals surface area (Å²) in [6.45, 7) is 6.64. The highest BCUT2D eigenvalue weighted by atomic mass is 16.6. The van der Waals surface area contributed by atoms with E-state index in [9.17, 15) is 14.4 Å². The van der Waals surface area contributed by atoms with E-state index in [0.717, 1.165) is 4.90 Å². The molecule has 1 aliphatic heterocycles. The Balaban J connectivity index is 2.70. The maximum atomic E-state index is 11.6. The Morgan fingerprint density at radius 1 is 1.44 bits per heavy atom. The second kappa shape index (κ2) is 4.11. The van der Waals surface area contributed by atoms with Crippen LogP contribution in [-0.4, -0.2) is 35.2 Å². The number of ether oxygens (including phenoxy) is 2. The lowest BCUT2D eigenvalue weighted by Gasteiger charge is -2.29. The predicted molar refractivity (Wildman–Crippen MR) is 53.6 cm³/mol. The van der Waals surface area contributed by atoms with E-state index in [4.69, 9.17) is 4.74 Å². The Labute approximate surface area is 93.5 Å². The lowest BCUT2D eigenvalue weighted by atomic mass is 10.1. The number of rotatable bonds is 0. The summed E-state index contributed by atoms with van der Waals surface area (Å²) in [5, 5.41) is 0. The number of hydrogen-bond acceptors (Lipinski definition) is 5. The van der Waals surface area contributed by atoms with Crippen molar-refractivity contribution >= 4 is 18.2 Å². The topological polar surface area (TPSA) is 72.9 Å². The molecule has 0 aromatic heterocycles. The van der Waals surface area contributed by atoms with E-state index in [1.165, 1.54) is 0 Å². The van der Waals surface area contributed by atoms with E-state index in [1.54, 1.807) is 27.7 Å². The number of imide groups is 1. The number of nitrogens with zero attached hydrogens (tertiary/aromatic N) is 1. The van der Waals surface area contributed by atoms with Crippen LogP contribution in [0.25, 0.3) is 0 Å². The molecule has 0 spiro atoms. The average Bonchev–Trinajstić information content (AvgIpc) is 2.08. The van der Waals surface area contributed by atoms with Crippen molar-refractivity contribution in [1.29, 1.82) is 0 Å². The van der Waals surface area contributed by atoms with Crippen LogP contribution in [0.4, 0.5) is 9.59 Å². The van der Waals surface area contributed by atoms with E-state index < -0.39 is 29.7 Å². The summed E-state index contributed by atoms with van der Waals surface area (Å²) in [5.41, 5.74) is -0.692. The van der Waals surface area contributed by atoms with Crippen molar-refractivity contribution < 1.29 is 23.9 Å². The molecule has 16 heavy (non-hydrogen) atoms. The normalized spacial score (nSPS) is 21.8. The molecule has 1 atom stereocenters. The highest BCUT2D eigenvalue weighted by Crippen LogP contribution is 2.16. The van der Waals surface area contributed by atoms with Crippen LogP contribution in [-0.2, 0) is 14.3 Å². The van der Waals surface area contributed by atoms with Crippen LogP contribution in [0.3, 0.4) is 0 Å². The zero-order valence-electron chi connectivity index (χ0n) is 9.77. The van der Waals surface area contributed by atoms with Crippen LogP contribution in [0.1, 0.15) is 27.7 Å². The molecule has 1 fully saturated rings. The summed E-state index contributed by atoms with van der Waals surface area (Å²) < 4.78 is 9.40. The van der Waals surface area contributed by atoms with E-state index in [-0.39, 0.29) is 6.54 Å². The lowest BCUT2D eigenvalue weighted by molar-refractivity contribution is -0.146. The number of hydrogen-bond donors (Lipinski definition) is 0. The number of carbonyl (C=O) groups excluding carboxylic acids is 3. The van der Waals surface area contributed by atoms with Gasteiger partial charge in [-0.15, -0.1) is 0 Å². The number of carbonyl (C=O) groups is 3. The van der Waals surface area contributed by atoms with E-state index >= 15 is 0 Å². The van der Waals surface area contributed by atoms with Crippen molar-refractivity contribution in [3.05, 3.63) is 0 Å². The highest BCUT2D eigenvalue weighted by molar-refractivity contribution is 5.96. The summed E-state index contributed by atoms with van der Waals surface area (Å²) in [6, 6.07) is 0. The quantitative estimate of drug-likeness (QED) is 0.465. The SMILES string of the molecule is CC1CN(C(=O)OC(C)(C)C)C(=O)OC1=O. The smallest absolute Gasteiger partial charge is 0.427 e. The third kappa shape index (κ3) is 2.95. The molecule has 1 saturated heterocycles. The molecular formula is C10H15NO5. The molecule has 1 rings (SSSR count). The van der Waals surface area contributed by atoms with E-state index in [0.29, 0.717) is 0 Å². The van der Waals surface area contributed by atoms with Gasteiger partial charge in [-0.05, 0) is 20.8 Å². The predicted octanol–water partition coefficient (Wildman–Crippen LogP) is 1.54. The number of esters is 1. The number of amides is 2. The van der Waals surface area contributed by atoms with Crippen LogP contribution in [0.5, 0.6) is 0 Å². The Hall–Kier alpha value is -1.59. The molecule has 1 aliphatic rings. The number of cyclic esters (lactones) is 2. The molecule has 6 nitrogen and oxygen atoms in total. The Kier molecular flexibility index (Phi) is 3.21. The summed E-state index contributed by atoms with van der Waals surface area (Å²) in [5.74, 6) is -1.14. The van der Waals surface area contributed by atoms with E-state index in [1.807, 2.05) is 0 Å². The maximum absolute atomic E-state index is 11.6. The molecule has 0 saturated carbocycles. The minimum Gasteiger partial charge on any atom is -0.443 e. The van der Waals surface area contributed by atoms with Gasteiger partial charge in [0.25, 0.3) is 0 Å². The zero-order chi connectivity index (χ0) is 12.5. The Bertz CT molecular complexity index is 331. The first kappa shape index (κ1) is 12.5. The van der Waals surface area contributed by atoms with Crippen molar-refractivity contribution in [2.75, 3.05) is 6.54 Å². The Morgan fingerprint density at radius 3 is 2.50 bits per heavy atom. The fourth-order valence-electron chi connectivity index (χ4n) is 1.13. The van der Waals surface area contributed by atoms with Gasteiger partial charge in [0, 0.05) is 6.54 Å². The first-order chi connectivity index (χ1) is 7.20. The van der Waals surface area contributed by atoms with Crippen molar-refractivity contribution in [2.24, 2.45) is 5.92 Å². The highest BCUT2D eigenvalue weighted by Gasteiger charge is 2.37. The zero-order valence-corrected chi connectivity index (χ0v) is 9.77. The molecule has 1 heterocycles. The standard InChI is InChI=1S/C10H15NO5/c1-6-5-11(8(13)15-7(6)12)9(14)16-10(2,3)4/h6H,5H2,1-4H3. The van der Waals surface area contributed by atoms with Gasteiger partial charge in [0.15, 0.2) is 0 Å². The van der Waals surface area contributed by atoms with Gasteiger partial charge >= 0.3 is 18.2 Å². The third-order valence-corrected chi connectivity index (χ3v) is 1.88. The third-order valence-electron chi connectivity index (χ3n) is 1.88. The molecule has 0 radical (unpaired) electrons. The summed E-state index contributed by atoms with van der Waals surface area (Å²) >= 11 is 0. The van der Waals surface area contributed by atoms with Gasteiger partial charge in [0.05, 0.1) is 5.92 Å². The van der Waals surface area contributed by atoms with Gasteiger partial charge in [-0.2, -0.15) is 0 Å². The second-order valence-corrected chi connectivity index (χ2v) is 4.68. The molecule has 2 amide bonds. The minimum atomic E-state index is -0.975. The average molecular weight is 229 g/mol. The molecule has 0 aliphatic carbocycles. The van der Waals surface area contributed by atoms with Gasteiger partial charge in [-0.1, -0.05) is 6.92 Å². The van der Waals surface area contributed by atoms with Crippen LogP contribution in [0.15, 0.2) is 0 Å². The van der Waals surface area contributed by atoms with Crippen LogP contribution >= 0.6 is 0 Å². The first-order valence-electron chi connectivity index (χ1n) is 4.97. The van der Waals surface area contributed by atoms with Crippen molar-refractivity contribution in [3.63, 3.8) is 0 Å². The van der Waals surface area contributed by atoms with Gasteiger partial charge in [-0.25, -0.2) is 14.5 Å². The van der Waals surface area contributed by atoms with Crippen LogP contribution < -0.4 is 0 Å². The van der Waals surface area contributed by atoms with Gasteiger partial charge in [0.2, 0.25) is 0 Å². The largest absolute Gasteiger partial charge is 0.443 e. The van der Waals surface area contributed by atoms with Crippen molar-refractivity contribution in [1.82, 2.24) is 4.90 Å². The molecule has 1 unspecified atom stereocenters. The Morgan fingerprint density at radius 2 is 2.00 bits per heavy atom. The van der Waals surface area contributed by atoms with Crippen LogP contribution in [0.2, 0.25) is 0 Å². The molecular weight excluding hydrogens is 214 g/mol. The molecule has 0 N–H and O–H groups in total. The molecule has 90 valence electrons.